The van der Waals surface area contributed by atoms with E-state index in [2.05, 4.69) is 43.3 Å². The van der Waals surface area contributed by atoms with E-state index in [1.165, 1.54) is 29.6 Å². The van der Waals surface area contributed by atoms with Crippen LogP contribution >= 0.6 is 0 Å². The van der Waals surface area contributed by atoms with Crippen LogP contribution in [-0.2, 0) is 4.43 Å². The van der Waals surface area contributed by atoms with Crippen molar-refractivity contribution < 1.29 is 4.43 Å². The standard InChI is InChI=1S/C13H18OSi/c1-2-13(12-8-4-3-5-9-12)15-11-7-6-10-14-15/h2-5,8-9,15H,6-7,10-11H2,1H3. The summed E-state index contributed by atoms with van der Waals surface area (Å²) in [5, 5.41) is 1.48. The number of allylic oxidation sites excluding steroid dienone is 1. The van der Waals surface area contributed by atoms with E-state index in [0.29, 0.717) is 0 Å². The third-order valence-corrected chi connectivity index (χ3v) is 5.88. The molecule has 1 fully saturated rings. The summed E-state index contributed by atoms with van der Waals surface area (Å²) in [5.41, 5.74) is 1.36. The first-order valence-electron chi connectivity index (χ1n) is 5.75. The molecule has 1 unspecified atom stereocenters. The van der Waals surface area contributed by atoms with Crippen molar-refractivity contribution in [1.82, 2.24) is 0 Å². The zero-order valence-corrected chi connectivity index (χ0v) is 10.4. The molecule has 2 heteroatoms. The van der Waals surface area contributed by atoms with Gasteiger partial charge in [0.05, 0.1) is 0 Å². The molecule has 80 valence electrons. The van der Waals surface area contributed by atoms with Crippen LogP contribution in [0.25, 0.3) is 5.20 Å². The second-order valence-corrected chi connectivity index (χ2v) is 6.48. The normalized spacial score (nSPS) is 22.7. The van der Waals surface area contributed by atoms with Gasteiger partial charge in [0, 0.05) is 6.61 Å². The van der Waals surface area contributed by atoms with Crippen molar-refractivity contribution in [3.8, 4) is 0 Å². The highest BCUT2D eigenvalue weighted by Gasteiger charge is 2.21. The van der Waals surface area contributed by atoms with Gasteiger partial charge >= 0.3 is 0 Å². The second-order valence-electron chi connectivity index (χ2n) is 3.97. The summed E-state index contributed by atoms with van der Waals surface area (Å²) in [6, 6.07) is 12.0. The van der Waals surface area contributed by atoms with E-state index in [-0.39, 0.29) is 0 Å². The topological polar surface area (TPSA) is 9.23 Å². The number of rotatable bonds is 2. The first-order chi connectivity index (χ1) is 7.42. The second kappa shape index (κ2) is 5.28. The van der Waals surface area contributed by atoms with E-state index >= 15 is 0 Å². The lowest BCUT2D eigenvalue weighted by molar-refractivity contribution is 0.295. The van der Waals surface area contributed by atoms with Crippen molar-refractivity contribution in [2.24, 2.45) is 0 Å². The van der Waals surface area contributed by atoms with Crippen LogP contribution in [-0.4, -0.2) is 15.6 Å². The van der Waals surface area contributed by atoms with Gasteiger partial charge in [-0.05, 0) is 30.1 Å². The third kappa shape index (κ3) is 2.58. The van der Waals surface area contributed by atoms with Gasteiger partial charge in [-0.2, -0.15) is 0 Å². The van der Waals surface area contributed by atoms with Crippen molar-refractivity contribution in [3.05, 3.63) is 42.0 Å². The van der Waals surface area contributed by atoms with E-state index < -0.39 is 9.04 Å². The van der Waals surface area contributed by atoms with E-state index in [1.54, 1.807) is 0 Å². The summed E-state index contributed by atoms with van der Waals surface area (Å²) in [5.74, 6) is 0. The van der Waals surface area contributed by atoms with Crippen molar-refractivity contribution in [2.75, 3.05) is 6.61 Å². The Morgan fingerprint density at radius 3 is 2.67 bits per heavy atom. The summed E-state index contributed by atoms with van der Waals surface area (Å²) in [6.07, 6.45) is 4.84. The summed E-state index contributed by atoms with van der Waals surface area (Å²) in [4.78, 5) is 0. The molecule has 1 aliphatic heterocycles. The molecular formula is C13H18OSi. The maximum atomic E-state index is 5.96. The van der Waals surface area contributed by atoms with Gasteiger partial charge < -0.3 is 4.43 Å². The van der Waals surface area contributed by atoms with Crippen LogP contribution in [0.1, 0.15) is 25.3 Å². The monoisotopic (exact) mass is 218 g/mol. The Bertz CT molecular complexity index is 326. The Morgan fingerprint density at radius 2 is 2.07 bits per heavy atom. The lowest BCUT2D eigenvalue weighted by Crippen LogP contribution is -2.25. The van der Waals surface area contributed by atoms with Crippen molar-refractivity contribution in [3.63, 3.8) is 0 Å². The average Bonchev–Trinajstić information content (AvgIpc) is 2.33. The van der Waals surface area contributed by atoms with E-state index in [4.69, 9.17) is 4.43 Å². The molecule has 2 rings (SSSR count). The lowest BCUT2D eigenvalue weighted by Gasteiger charge is -2.23. The zero-order chi connectivity index (χ0) is 10.5. The Morgan fingerprint density at radius 1 is 1.27 bits per heavy atom. The van der Waals surface area contributed by atoms with E-state index in [9.17, 15) is 0 Å². The van der Waals surface area contributed by atoms with Crippen molar-refractivity contribution in [2.45, 2.75) is 25.8 Å². The van der Waals surface area contributed by atoms with Gasteiger partial charge in [-0.15, -0.1) is 0 Å². The van der Waals surface area contributed by atoms with Crippen molar-refractivity contribution >= 4 is 14.2 Å². The smallest absolute Gasteiger partial charge is 0.208 e. The van der Waals surface area contributed by atoms with Gasteiger partial charge in [0.1, 0.15) is 0 Å². The fraction of sp³-hybridized carbons (Fsp3) is 0.385. The SMILES string of the molecule is CC=C(c1ccccc1)[SiH]1CCCCO1. The van der Waals surface area contributed by atoms with Gasteiger partial charge in [-0.1, -0.05) is 42.8 Å². The summed E-state index contributed by atoms with van der Waals surface area (Å²) in [7, 11) is -1.11. The molecule has 1 heterocycles. The van der Waals surface area contributed by atoms with Crippen LogP contribution in [0.4, 0.5) is 0 Å². The molecule has 0 spiro atoms. The predicted octanol–water partition coefficient (Wildman–Crippen LogP) is 3.16. The molecule has 0 aliphatic carbocycles. The van der Waals surface area contributed by atoms with Crippen LogP contribution < -0.4 is 0 Å². The fourth-order valence-electron chi connectivity index (χ4n) is 2.16. The molecule has 1 atom stereocenters. The highest BCUT2D eigenvalue weighted by Crippen LogP contribution is 2.24. The minimum Gasteiger partial charge on any atom is -0.415 e. The summed E-state index contributed by atoms with van der Waals surface area (Å²) < 4.78 is 5.96. The summed E-state index contributed by atoms with van der Waals surface area (Å²) >= 11 is 0. The maximum absolute atomic E-state index is 5.96. The molecule has 15 heavy (non-hydrogen) atoms. The van der Waals surface area contributed by atoms with Crippen LogP contribution in [0.3, 0.4) is 0 Å². The molecule has 1 aliphatic rings. The van der Waals surface area contributed by atoms with Crippen molar-refractivity contribution in [1.29, 1.82) is 0 Å². The molecule has 0 aromatic heterocycles. The van der Waals surface area contributed by atoms with Gasteiger partial charge in [0.2, 0.25) is 9.04 Å². The van der Waals surface area contributed by atoms with E-state index in [1.807, 2.05) is 0 Å². The zero-order valence-electron chi connectivity index (χ0n) is 9.28. The van der Waals surface area contributed by atoms with Crippen LogP contribution in [0.5, 0.6) is 0 Å². The molecule has 0 saturated carbocycles. The predicted molar refractivity (Wildman–Crippen MR) is 67.2 cm³/mol. The Hall–Kier alpha value is -0.863. The minimum absolute atomic E-state index is 0.973. The molecule has 1 aromatic carbocycles. The highest BCUT2D eigenvalue weighted by molar-refractivity contribution is 6.73. The molecular weight excluding hydrogens is 200 g/mol. The average molecular weight is 218 g/mol. The largest absolute Gasteiger partial charge is 0.415 e. The quantitative estimate of drug-likeness (QED) is 0.693. The van der Waals surface area contributed by atoms with Crippen LogP contribution in [0, 0.1) is 0 Å². The van der Waals surface area contributed by atoms with Gasteiger partial charge in [0.25, 0.3) is 0 Å². The minimum atomic E-state index is -1.11. The van der Waals surface area contributed by atoms with Gasteiger partial charge in [-0.25, -0.2) is 0 Å². The molecule has 0 radical (unpaired) electrons. The Labute approximate surface area is 93.5 Å². The van der Waals surface area contributed by atoms with Gasteiger partial charge in [-0.3, -0.25) is 0 Å². The molecule has 0 N–H and O–H groups in total. The first kappa shape index (κ1) is 10.6. The Kier molecular flexibility index (Phi) is 3.75. The molecule has 1 aromatic rings. The molecule has 1 saturated heterocycles. The Balaban J connectivity index is 2.17. The van der Waals surface area contributed by atoms with Gasteiger partial charge in [0.15, 0.2) is 0 Å². The third-order valence-electron chi connectivity index (χ3n) is 2.94. The highest BCUT2D eigenvalue weighted by atomic mass is 28.3. The number of hydrogen-bond acceptors (Lipinski definition) is 1. The number of benzene rings is 1. The van der Waals surface area contributed by atoms with Crippen LogP contribution in [0.2, 0.25) is 6.04 Å². The molecule has 0 bridgehead atoms. The van der Waals surface area contributed by atoms with E-state index in [0.717, 1.165) is 6.61 Å². The van der Waals surface area contributed by atoms with Crippen LogP contribution in [0.15, 0.2) is 36.4 Å². The number of hydrogen-bond donors (Lipinski definition) is 0. The molecule has 1 nitrogen and oxygen atoms in total. The fourth-order valence-corrected chi connectivity index (χ4v) is 4.86. The molecule has 0 amide bonds. The maximum Gasteiger partial charge on any atom is 0.208 e. The summed E-state index contributed by atoms with van der Waals surface area (Å²) in [6.45, 7) is 3.11. The first-order valence-corrected chi connectivity index (χ1v) is 7.61. The lowest BCUT2D eigenvalue weighted by atomic mass is 10.2.